The summed E-state index contributed by atoms with van der Waals surface area (Å²) >= 11 is 12.2. The summed E-state index contributed by atoms with van der Waals surface area (Å²) in [4.78, 5) is 15.0. The number of hydrogen-bond donors (Lipinski definition) is 1. The van der Waals surface area contributed by atoms with Crippen molar-refractivity contribution in [3.05, 3.63) is 21.8 Å². The molecule has 1 rings (SSSR count). The molecule has 6 heteroatoms. The van der Waals surface area contributed by atoms with Gasteiger partial charge in [0.1, 0.15) is 5.82 Å². The first-order valence-corrected chi connectivity index (χ1v) is 5.85. The molecule has 0 fully saturated rings. The number of pyridine rings is 1. The van der Waals surface area contributed by atoms with Crippen molar-refractivity contribution < 1.29 is 4.79 Å². The van der Waals surface area contributed by atoms with Crippen LogP contribution in [0.5, 0.6) is 0 Å². The van der Waals surface area contributed by atoms with E-state index in [2.05, 4.69) is 42.2 Å². The van der Waals surface area contributed by atoms with Crippen LogP contribution in [0.4, 0.5) is 5.82 Å². The summed E-state index contributed by atoms with van der Waals surface area (Å²) in [5.41, 5.74) is 0. The lowest BCUT2D eigenvalue weighted by Crippen LogP contribution is -2.20. The normalized spacial score (nSPS) is 12.3. The van der Waals surface area contributed by atoms with Gasteiger partial charge in [-0.25, -0.2) is 4.98 Å². The molecule has 0 bridgehead atoms. The van der Waals surface area contributed by atoms with E-state index in [9.17, 15) is 4.79 Å². The fourth-order valence-electron chi connectivity index (χ4n) is 0.708. The molecule has 0 aliphatic carbocycles. The molecule has 0 radical (unpaired) electrons. The third-order valence-electron chi connectivity index (χ3n) is 1.42. The minimum Gasteiger partial charge on any atom is -0.310 e. The average Bonchev–Trinajstić information content (AvgIpc) is 2.11. The lowest BCUT2D eigenvalue weighted by Gasteiger charge is -2.06. The molecule has 0 aliphatic heterocycles. The van der Waals surface area contributed by atoms with Crippen molar-refractivity contribution in [2.75, 3.05) is 5.32 Å². The number of aromatic nitrogens is 1. The Morgan fingerprint density at radius 2 is 2.36 bits per heavy atom. The number of carbonyl (C=O) groups excluding carboxylic acids is 1. The number of carbonyl (C=O) groups is 1. The van der Waals surface area contributed by atoms with Crippen LogP contribution in [-0.4, -0.2) is 15.7 Å². The molecule has 3 nitrogen and oxygen atoms in total. The van der Waals surface area contributed by atoms with Crippen LogP contribution in [0.1, 0.15) is 6.92 Å². The molecule has 0 saturated heterocycles. The highest BCUT2D eigenvalue weighted by atomic mass is 79.9. The van der Waals surface area contributed by atoms with Crippen molar-refractivity contribution >= 4 is 55.2 Å². The van der Waals surface area contributed by atoms with E-state index in [1.807, 2.05) is 0 Å². The summed E-state index contributed by atoms with van der Waals surface area (Å²) in [6.07, 6.45) is 1.54. The smallest absolute Gasteiger partial charge is 0.239 e. The predicted octanol–water partition coefficient (Wildman–Crippen LogP) is 3.22. The molecule has 0 aromatic carbocycles. The highest BCUT2D eigenvalue weighted by Crippen LogP contribution is 2.23. The summed E-state index contributed by atoms with van der Waals surface area (Å²) in [6.45, 7) is 1.73. The summed E-state index contributed by atoms with van der Waals surface area (Å²) in [5, 5.41) is 3.12. The maximum atomic E-state index is 11.3. The molecule has 0 aliphatic rings. The van der Waals surface area contributed by atoms with E-state index in [4.69, 9.17) is 11.6 Å². The van der Waals surface area contributed by atoms with Crippen LogP contribution in [0.3, 0.4) is 0 Å². The molecule has 1 amide bonds. The zero-order valence-corrected chi connectivity index (χ0v) is 11.1. The maximum absolute atomic E-state index is 11.3. The van der Waals surface area contributed by atoms with Crippen LogP contribution >= 0.6 is 43.5 Å². The Hall–Kier alpha value is -0.130. The first-order chi connectivity index (χ1) is 6.50. The van der Waals surface area contributed by atoms with E-state index >= 15 is 0 Å². The van der Waals surface area contributed by atoms with E-state index < -0.39 is 0 Å². The Morgan fingerprint density at radius 3 is 2.86 bits per heavy atom. The van der Waals surface area contributed by atoms with E-state index in [-0.39, 0.29) is 10.7 Å². The Balaban J connectivity index is 2.78. The summed E-state index contributed by atoms with van der Waals surface area (Å²) in [6, 6.07) is 1.58. The fourth-order valence-corrected chi connectivity index (χ4v) is 1.19. The van der Waals surface area contributed by atoms with Gasteiger partial charge in [0.2, 0.25) is 5.91 Å². The summed E-state index contributed by atoms with van der Waals surface area (Å²) in [7, 11) is 0. The van der Waals surface area contributed by atoms with Gasteiger partial charge in [0, 0.05) is 12.3 Å². The lowest BCUT2D eigenvalue weighted by atomic mass is 10.4. The van der Waals surface area contributed by atoms with Crippen molar-refractivity contribution in [1.29, 1.82) is 0 Å². The first-order valence-electron chi connectivity index (χ1n) is 3.76. The van der Waals surface area contributed by atoms with Crippen LogP contribution < -0.4 is 5.32 Å². The van der Waals surface area contributed by atoms with Crippen molar-refractivity contribution in [1.82, 2.24) is 4.98 Å². The Labute approximate surface area is 103 Å². The topological polar surface area (TPSA) is 42.0 Å². The van der Waals surface area contributed by atoms with Crippen LogP contribution in [0.2, 0.25) is 5.02 Å². The highest BCUT2D eigenvalue weighted by molar-refractivity contribution is 9.10. The molecule has 14 heavy (non-hydrogen) atoms. The molecular weight excluding hydrogens is 335 g/mol. The van der Waals surface area contributed by atoms with Gasteiger partial charge in [-0.15, -0.1) is 0 Å². The molecular formula is C8H7Br2ClN2O. The van der Waals surface area contributed by atoms with E-state index in [0.717, 1.165) is 0 Å². The van der Waals surface area contributed by atoms with Crippen LogP contribution in [0, 0.1) is 0 Å². The Morgan fingerprint density at radius 1 is 1.71 bits per heavy atom. The van der Waals surface area contributed by atoms with E-state index in [0.29, 0.717) is 15.3 Å². The summed E-state index contributed by atoms with van der Waals surface area (Å²) < 4.78 is 0.698. The van der Waals surface area contributed by atoms with Gasteiger partial charge in [-0.05, 0) is 22.9 Å². The van der Waals surface area contributed by atoms with Gasteiger partial charge in [0.15, 0.2) is 0 Å². The van der Waals surface area contributed by atoms with Gasteiger partial charge in [-0.3, -0.25) is 4.79 Å². The Bertz CT molecular complexity index is 357. The molecule has 1 aromatic rings. The van der Waals surface area contributed by atoms with Crippen LogP contribution in [0.25, 0.3) is 0 Å². The standard InChI is InChI=1S/C8H7Br2ClN2O/c1-4(9)8(14)13-7-2-6(11)5(10)3-12-7/h2-4H,1H3,(H,12,13,14). The van der Waals surface area contributed by atoms with Gasteiger partial charge in [-0.2, -0.15) is 0 Å². The number of nitrogens with zero attached hydrogens (tertiary/aromatic N) is 1. The second kappa shape index (κ2) is 5.09. The predicted molar refractivity (Wildman–Crippen MR) is 64.0 cm³/mol. The minimum atomic E-state index is -0.258. The van der Waals surface area contributed by atoms with Crippen molar-refractivity contribution in [3.8, 4) is 0 Å². The third kappa shape index (κ3) is 3.22. The maximum Gasteiger partial charge on any atom is 0.239 e. The highest BCUT2D eigenvalue weighted by Gasteiger charge is 2.09. The van der Waals surface area contributed by atoms with Crippen molar-refractivity contribution in [2.24, 2.45) is 0 Å². The van der Waals surface area contributed by atoms with Gasteiger partial charge in [-0.1, -0.05) is 27.5 Å². The zero-order valence-electron chi connectivity index (χ0n) is 7.22. The molecule has 1 aromatic heterocycles. The zero-order chi connectivity index (χ0) is 10.7. The average molecular weight is 342 g/mol. The minimum absolute atomic E-state index is 0.157. The quantitative estimate of drug-likeness (QED) is 0.839. The second-order valence-corrected chi connectivity index (χ2v) is 5.22. The number of halogens is 3. The molecule has 1 N–H and O–H groups in total. The number of hydrogen-bond acceptors (Lipinski definition) is 2. The molecule has 1 heterocycles. The van der Waals surface area contributed by atoms with Crippen molar-refractivity contribution in [2.45, 2.75) is 11.8 Å². The van der Waals surface area contributed by atoms with Crippen molar-refractivity contribution in [3.63, 3.8) is 0 Å². The van der Waals surface area contributed by atoms with E-state index in [1.165, 1.54) is 6.20 Å². The lowest BCUT2D eigenvalue weighted by molar-refractivity contribution is -0.115. The molecule has 1 atom stereocenters. The summed E-state index contributed by atoms with van der Waals surface area (Å²) in [5.74, 6) is 0.283. The first kappa shape index (κ1) is 11.9. The molecule has 0 saturated carbocycles. The fraction of sp³-hybridized carbons (Fsp3) is 0.250. The SMILES string of the molecule is CC(Br)C(=O)Nc1cc(Cl)c(Br)cn1. The largest absolute Gasteiger partial charge is 0.310 e. The van der Waals surface area contributed by atoms with Crippen LogP contribution in [0.15, 0.2) is 16.7 Å². The number of alkyl halides is 1. The molecule has 76 valence electrons. The number of rotatable bonds is 2. The van der Waals surface area contributed by atoms with Gasteiger partial charge >= 0.3 is 0 Å². The Kier molecular flexibility index (Phi) is 4.34. The van der Waals surface area contributed by atoms with Gasteiger partial charge in [0.25, 0.3) is 0 Å². The van der Waals surface area contributed by atoms with Crippen LogP contribution in [-0.2, 0) is 4.79 Å². The van der Waals surface area contributed by atoms with Gasteiger partial charge in [0.05, 0.1) is 14.3 Å². The number of anilines is 1. The van der Waals surface area contributed by atoms with E-state index in [1.54, 1.807) is 13.0 Å². The molecule has 1 unspecified atom stereocenters. The van der Waals surface area contributed by atoms with Gasteiger partial charge < -0.3 is 5.32 Å². The molecule has 0 spiro atoms. The number of nitrogens with one attached hydrogen (secondary N) is 1. The monoisotopic (exact) mass is 340 g/mol. The second-order valence-electron chi connectivity index (χ2n) is 2.59. The third-order valence-corrected chi connectivity index (χ3v) is 3.01. The number of amides is 1.